The summed E-state index contributed by atoms with van der Waals surface area (Å²) in [6.07, 6.45) is 0.547. The minimum absolute atomic E-state index is 0.0988. The van der Waals surface area contributed by atoms with Crippen molar-refractivity contribution in [2.75, 3.05) is 11.4 Å². The second-order valence-corrected chi connectivity index (χ2v) is 10.0. The molecule has 0 unspecified atom stereocenters. The largest absolute Gasteiger partial charge is 0.337 e. The summed E-state index contributed by atoms with van der Waals surface area (Å²) >= 11 is 5.91. The number of hydrogen-bond acceptors (Lipinski definition) is 3. The summed E-state index contributed by atoms with van der Waals surface area (Å²) in [6.45, 7) is 2.38. The van der Waals surface area contributed by atoms with Gasteiger partial charge in [0, 0.05) is 30.2 Å². The number of sulfonamides is 1. The van der Waals surface area contributed by atoms with Crippen molar-refractivity contribution in [2.24, 2.45) is 0 Å². The van der Waals surface area contributed by atoms with Gasteiger partial charge in [0.15, 0.2) is 0 Å². The van der Waals surface area contributed by atoms with E-state index in [1.165, 1.54) is 16.4 Å². The molecule has 1 aliphatic heterocycles. The van der Waals surface area contributed by atoms with Gasteiger partial charge in [0.2, 0.25) is 0 Å². The number of rotatable bonds is 5. The van der Waals surface area contributed by atoms with Crippen LogP contribution in [0.3, 0.4) is 0 Å². The van der Waals surface area contributed by atoms with Crippen LogP contribution in [0.15, 0.2) is 77.7 Å². The first kappa shape index (κ1) is 21.4. The standard InChI is InChI=1S/C24H23ClN2O3S/c1-17-14-20-15-19(24(28)26(2)16-18-6-4-3-5-7-18)8-13-23(20)27(17)31(29,30)22-11-9-21(25)10-12-22/h3-13,15,17H,14,16H2,1-2H3/t17-/m0/s1. The van der Waals surface area contributed by atoms with Crippen molar-refractivity contribution in [3.05, 3.63) is 94.5 Å². The number of benzene rings is 3. The van der Waals surface area contributed by atoms with Crippen LogP contribution in [0.1, 0.15) is 28.4 Å². The zero-order valence-corrected chi connectivity index (χ0v) is 18.9. The lowest BCUT2D eigenvalue weighted by molar-refractivity contribution is 0.0785. The maximum absolute atomic E-state index is 13.3. The molecule has 0 spiro atoms. The van der Waals surface area contributed by atoms with Crippen LogP contribution < -0.4 is 4.31 Å². The predicted molar refractivity (Wildman–Crippen MR) is 123 cm³/mol. The smallest absolute Gasteiger partial charge is 0.264 e. The summed E-state index contributed by atoms with van der Waals surface area (Å²) < 4.78 is 28.0. The molecule has 31 heavy (non-hydrogen) atoms. The zero-order valence-electron chi connectivity index (χ0n) is 17.3. The fourth-order valence-electron chi connectivity index (χ4n) is 3.97. The highest BCUT2D eigenvalue weighted by molar-refractivity contribution is 7.92. The number of halogens is 1. The van der Waals surface area contributed by atoms with Crippen LogP contribution >= 0.6 is 11.6 Å². The summed E-state index contributed by atoms with van der Waals surface area (Å²) in [5.41, 5.74) is 3.07. The summed E-state index contributed by atoms with van der Waals surface area (Å²) in [7, 11) is -1.96. The van der Waals surface area contributed by atoms with E-state index in [1.807, 2.05) is 43.3 Å². The Morgan fingerprint density at radius 1 is 1.06 bits per heavy atom. The van der Waals surface area contributed by atoms with Gasteiger partial charge in [0.25, 0.3) is 15.9 Å². The van der Waals surface area contributed by atoms with Crippen molar-refractivity contribution in [3.8, 4) is 0 Å². The molecule has 0 aromatic heterocycles. The lowest BCUT2D eigenvalue weighted by atomic mass is 10.1. The molecular weight excluding hydrogens is 432 g/mol. The Morgan fingerprint density at radius 2 is 1.74 bits per heavy atom. The van der Waals surface area contributed by atoms with Crippen LogP contribution in [0.2, 0.25) is 5.02 Å². The predicted octanol–water partition coefficient (Wildman–Crippen LogP) is 4.75. The molecule has 0 fully saturated rings. The van der Waals surface area contributed by atoms with E-state index < -0.39 is 10.0 Å². The van der Waals surface area contributed by atoms with Crippen molar-refractivity contribution in [1.82, 2.24) is 4.90 Å². The minimum Gasteiger partial charge on any atom is -0.337 e. The lowest BCUT2D eigenvalue weighted by Crippen LogP contribution is -2.35. The first-order valence-corrected chi connectivity index (χ1v) is 11.8. The number of amides is 1. The molecule has 7 heteroatoms. The molecule has 5 nitrogen and oxygen atoms in total. The molecule has 0 aliphatic carbocycles. The Hall–Kier alpha value is -2.83. The second kappa shape index (κ2) is 8.36. The molecule has 1 aliphatic rings. The van der Waals surface area contributed by atoms with Crippen molar-refractivity contribution in [1.29, 1.82) is 0 Å². The minimum atomic E-state index is -3.73. The zero-order chi connectivity index (χ0) is 22.2. The molecule has 0 radical (unpaired) electrons. The summed E-state index contributed by atoms with van der Waals surface area (Å²) in [5, 5.41) is 0.483. The molecular formula is C24H23ClN2O3S. The Balaban J connectivity index is 1.60. The molecule has 4 rings (SSSR count). The van der Waals surface area contributed by atoms with Crippen LogP contribution in [0.4, 0.5) is 5.69 Å². The lowest BCUT2D eigenvalue weighted by Gasteiger charge is -2.24. The molecule has 1 amide bonds. The van der Waals surface area contributed by atoms with Crippen molar-refractivity contribution < 1.29 is 13.2 Å². The topological polar surface area (TPSA) is 57.7 Å². The first-order valence-electron chi connectivity index (χ1n) is 9.99. The average molecular weight is 455 g/mol. The Kier molecular flexibility index (Phi) is 5.77. The van der Waals surface area contributed by atoms with Crippen molar-refractivity contribution in [2.45, 2.75) is 30.8 Å². The van der Waals surface area contributed by atoms with Crippen LogP contribution in [-0.2, 0) is 23.0 Å². The van der Waals surface area contributed by atoms with Gasteiger partial charge >= 0.3 is 0 Å². The SMILES string of the molecule is C[C@H]1Cc2cc(C(=O)N(C)Cc3ccccc3)ccc2N1S(=O)(=O)c1ccc(Cl)cc1. The molecule has 0 bridgehead atoms. The third-order valence-electron chi connectivity index (χ3n) is 5.46. The monoisotopic (exact) mass is 454 g/mol. The first-order chi connectivity index (χ1) is 14.8. The normalized spacial score (nSPS) is 15.6. The van der Waals surface area contributed by atoms with Gasteiger partial charge in [-0.3, -0.25) is 9.10 Å². The van der Waals surface area contributed by atoms with Gasteiger partial charge in [-0.1, -0.05) is 41.9 Å². The summed E-state index contributed by atoms with van der Waals surface area (Å²) in [4.78, 5) is 14.8. The molecule has 0 N–H and O–H groups in total. The van der Waals surface area contributed by atoms with E-state index in [2.05, 4.69) is 0 Å². The van der Waals surface area contributed by atoms with Gasteiger partial charge in [-0.2, -0.15) is 0 Å². The molecule has 0 saturated carbocycles. The molecule has 3 aromatic carbocycles. The maximum Gasteiger partial charge on any atom is 0.264 e. The number of anilines is 1. The Morgan fingerprint density at radius 3 is 2.42 bits per heavy atom. The van der Waals surface area contributed by atoms with Crippen LogP contribution in [0.5, 0.6) is 0 Å². The van der Waals surface area contributed by atoms with Crippen molar-refractivity contribution in [3.63, 3.8) is 0 Å². The quantitative estimate of drug-likeness (QED) is 0.558. The van der Waals surface area contributed by atoms with Gasteiger partial charge < -0.3 is 4.90 Å². The highest BCUT2D eigenvalue weighted by Crippen LogP contribution is 2.37. The summed E-state index contributed by atoms with van der Waals surface area (Å²) in [5.74, 6) is -0.0988. The molecule has 1 heterocycles. The number of carbonyl (C=O) groups is 1. The second-order valence-electron chi connectivity index (χ2n) is 7.80. The van der Waals surface area contributed by atoms with E-state index in [9.17, 15) is 13.2 Å². The third kappa shape index (κ3) is 4.18. The van der Waals surface area contributed by atoms with Crippen LogP contribution in [0, 0.1) is 0 Å². The van der Waals surface area contributed by atoms with Crippen LogP contribution in [0.25, 0.3) is 0 Å². The van der Waals surface area contributed by atoms with Gasteiger partial charge in [-0.05, 0) is 66.9 Å². The Bertz CT molecular complexity index is 1210. The Labute approximate surface area is 187 Å². The maximum atomic E-state index is 13.3. The van der Waals surface area contributed by atoms with Gasteiger partial charge in [-0.15, -0.1) is 0 Å². The van der Waals surface area contributed by atoms with Gasteiger partial charge in [-0.25, -0.2) is 8.42 Å². The van der Waals surface area contributed by atoms with E-state index in [4.69, 9.17) is 11.6 Å². The van der Waals surface area contributed by atoms with Crippen LogP contribution in [-0.4, -0.2) is 32.3 Å². The van der Waals surface area contributed by atoms with Gasteiger partial charge in [0.05, 0.1) is 10.6 Å². The van der Waals surface area contributed by atoms with Gasteiger partial charge in [0.1, 0.15) is 0 Å². The number of hydrogen-bond donors (Lipinski definition) is 0. The molecule has 160 valence electrons. The molecule has 0 saturated heterocycles. The third-order valence-corrected chi connectivity index (χ3v) is 7.65. The molecule has 1 atom stereocenters. The summed E-state index contributed by atoms with van der Waals surface area (Å²) in [6, 6.07) is 21.0. The highest BCUT2D eigenvalue weighted by atomic mass is 35.5. The van der Waals surface area contributed by atoms with E-state index >= 15 is 0 Å². The fraction of sp³-hybridized carbons (Fsp3) is 0.208. The van der Waals surface area contributed by atoms with E-state index in [1.54, 1.807) is 36.2 Å². The van der Waals surface area contributed by atoms with E-state index in [0.717, 1.165) is 11.1 Å². The fourth-order valence-corrected chi connectivity index (χ4v) is 5.79. The number of fused-ring (bicyclic) bond motifs is 1. The average Bonchev–Trinajstić information content (AvgIpc) is 3.09. The van der Waals surface area contributed by atoms with Crippen molar-refractivity contribution >= 4 is 33.2 Å². The van der Waals surface area contributed by atoms with E-state index in [-0.39, 0.29) is 16.8 Å². The van der Waals surface area contributed by atoms with E-state index in [0.29, 0.717) is 29.2 Å². The number of carbonyl (C=O) groups excluding carboxylic acids is 1. The number of nitrogens with zero attached hydrogens (tertiary/aromatic N) is 2. The highest BCUT2D eigenvalue weighted by Gasteiger charge is 2.36. The molecule has 3 aromatic rings.